The molecule has 8 heteroatoms. The molecule has 0 saturated carbocycles. The Morgan fingerprint density at radius 2 is 0.911 bits per heavy atom. The summed E-state index contributed by atoms with van der Waals surface area (Å²) in [5, 5.41) is 9.49. The maximum Gasteiger partial charge on any atom is 0.222 e. The van der Waals surface area contributed by atoms with E-state index in [1.54, 1.807) is 12.1 Å². The van der Waals surface area contributed by atoms with Crippen LogP contribution in [0.15, 0.2) is 158 Å². The zero-order valence-corrected chi connectivity index (χ0v) is 31.0. The Morgan fingerprint density at radius 3 is 1.32 bits per heavy atom. The van der Waals surface area contributed by atoms with E-state index in [2.05, 4.69) is 71.3 Å². The van der Waals surface area contributed by atoms with Crippen LogP contribution >= 0.6 is 0 Å². The maximum atomic E-state index is 11.8. The van der Waals surface area contributed by atoms with Gasteiger partial charge in [0.2, 0.25) is 11.8 Å². The van der Waals surface area contributed by atoms with Gasteiger partial charge in [-0.25, -0.2) is 9.97 Å². The van der Waals surface area contributed by atoms with Crippen molar-refractivity contribution in [2.24, 2.45) is 0 Å². The fourth-order valence-corrected chi connectivity index (χ4v) is 6.86. The van der Waals surface area contributed by atoms with E-state index in [0.717, 1.165) is 66.3 Å². The molecule has 0 aliphatic rings. The number of hydrogen-bond acceptors (Lipinski definition) is 6. The van der Waals surface area contributed by atoms with Crippen molar-refractivity contribution in [3.63, 3.8) is 0 Å². The van der Waals surface area contributed by atoms with Gasteiger partial charge in [0.1, 0.15) is 36.3 Å². The number of carbonyl (C=O) groups is 2. The SMILES string of the molecule is CC(=O)Nc1cccc(-c2ccc3c(-c4c(OCc5ccccc5)ccc5cc(-c6cccc(NC(C)=O)n6)ccc45)c(OCc4ccccc4)ccc3c2)n1. The number of nitrogens with one attached hydrogen (secondary N) is 2. The fraction of sp³-hybridized carbons (Fsp3) is 0.0833. The van der Waals surface area contributed by atoms with Gasteiger partial charge in [-0.2, -0.15) is 0 Å². The van der Waals surface area contributed by atoms with Crippen molar-refractivity contribution in [1.29, 1.82) is 0 Å². The first-order valence-corrected chi connectivity index (χ1v) is 18.4. The smallest absolute Gasteiger partial charge is 0.222 e. The largest absolute Gasteiger partial charge is 0.488 e. The van der Waals surface area contributed by atoms with Gasteiger partial charge in [-0.3, -0.25) is 9.59 Å². The molecule has 0 fully saturated rings. The third-order valence-corrected chi connectivity index (χ3v) is 9.39. The van der Waals surface area contributed by atoms with Gasteiger partial charge in [0.05, 0.1) is 11.4 Å². The normalized spacial score (nSPS) is 11.0. The molecule has 2 N–H and O–H groups in total. The van der Waals surface area contributed by atoms with Crippen molar-refractivity contribution < 1.29 is 19.1 Å². The highest BCUT2D eigenvalue weighted by atomic mass is 16.5. The minimum absolute atomic E-state index is 0.178. The van der Waals surface area contributed by atoms with Crippen molar-refractivity contribution in [3.8, 4) is 45.1 Å². The molecular formula is C48H38N4O4. The summed E-state index contributed by atoms with van der Waals surface area (Å²) >= 11 is 0. The lowest BCUT2D eigenvalue weighted by atomic mass is 9.90. The predicted molar refractivity (Wildman–Crippen MR) is 224 cm³/mol. The van der Waals surface area contributed by atoms with E-state index in [9.17, 15) is 9.59 Å². The second-order valence-electron chi connectivity index (χ2n) is 13.5. The summed E-state index contributed by atoms with van der Waals surface area (Å²) < 4.78 is 13.4. The lowest BCUT2D eigenvalue weighted by molar-refractivity contribution is -0.115. The molecule has 8 nitrogen and oxygen atoms in total. The first kappa shape index (κ1) is 35.7. The highest BCUT2D eigenvalue weighted by molar-refractivity contribution is 6.11. The molecule has 6 aromatic carbocycles. The molecule has 0 saturated heterocycles. The molecule has 56 heavy (non-hydrogen) atoms. The standard InChI is InChI=1S/C48H38N4O4/c1-31(53)49-45-17-9-15-41(51-45)37-19-23-39-35(27-37)21-25-43(55-29-33-11-5-3-6-12-33)47(39)48-40-24-20-38(42-16-10-18-46(52-42)50-32(2)54)28-36(40)22-26-44(48)56-30-34-13-7-4-8-14-34/h3-28H,29-30H2,1-2H3,(H,49,51,53)(H,50,52,54). The van der Waals surface area contributed by atoms with Crippen LogP contribution in [0.5, 0.6) is 11.5 Å². The fourth-order valence-electron chi connectivity index (χ4n) is 6.86. The van der Waals surface area contributed by atoms with Crippen LogP contribution in [0, 0.1) is 0 Å². The summed E-state index contributed by atoms with van der Waals surface area (Å²) in [6.07, 6.45) is 0. The van der Waals surface area contributed by atoms with Crippen LogP contribution in [0.4, 0.5) is 11.6 Å². The number of anilines is 2. The summed E-state index contributed by atoms with van der Waals surface area (Å²) in [5.74, 6) is 2.06. The Labute approximate surface area is 324 Å². The number of benzene rings is 6. The van der Waals surface area contributed by atoms with Crippen molar-refractivity contribution in [3.05, 3.63) is 169 Å². The molecule has 0 bridgehead atoms. The van der Waals surface area contributed by atoms with E-state index < -0.39 is 0 Å². The molecule has 0 aliphatic heterocycles. The van der Waals surface area contributed by atoms with Gasteiger partial charge in [-0.15, -0.1) is 0 Å². The Bertz CT molecular complexity index is 2530. The summed E-state index contributed by atoms with van der Waals surface area (Å²) in [4.78, 5) is 33.0. The molecular weight excluding hydrogens is 697 g/mol. The third kappa shape index (κ3) is 7.95. The Hall–Kier alpha value is -7.32. The molecule has 2 amide bonds. The Balaban J connectivity index is 1.31. The van der Waals surface area contributed by atoms with Gasteiger partial charge in [0, 0.05) is 36.1 Å². The van der Waals surface area contributed by atoms with Crippen molar-refractivity contribution in [2.75, 3.05) is 10.6 Å². The quantitative estimate of drug-likeness (QED) is 0.137. The van der Waals surface area contributed by atoms with Crippen molar-refractivity contribution >= 4 is 45.0 Å². The van der Waals surface area contributed by atoms with E-state index in [1.807, 2.05) is 84.9 Å². The molecule has 2 heterocycles. The van der Waals surface area contributed by atoms with Gasteiger partial charge in [0.25, 0.3) is 0 Å². The summed E-state index contributed by atoms with van der Waals surface area (Å²) in [6, 6.07) is 52.2. The van der Waals surface area contributed by atoms with Gasteiger partial charge in [0.15, 0.2) is 0 Å². The molecule has 0 spiro atoms. The van der Waals surface area contributed by atoms with Crippen molar-refractivity contribution in [2.45, 2.75) is 27.1 Å². The van der Waals surface area contributed by atoms with Gasteiger partial charge in [-0.1, -0.05) is 109 Å². The van der Waals surface area contributed by atoms with Crippen LogP contribution in [-0.4, -0.2) is 21.8 Å². The van der Waals surface area contributed by atoms with E-state index in [1.165, 1.54) is 13.8 Å². The minimum Gasteiger partial charge on any atom is -0.488 e. The first-order valence-electron chi connectivity index (χ1n) is 18.4. The van der Waals surface area contributed by atoms with Gasteiger partial charge < -0.3 is 20.1 Å². The lowest BCUT2D eigenvalue weighted by Gasteiger charge is -2.20. The highest BCUT2D eigenvalue weighted by Crippen LogP contribution is 2.47. The zero-order valence-electron chi connectivity index (χ0n) is 31.0. The third-order valence-electron chi connectivity index (χ3n) is 9.39. The molecule has 0 radical (unpaired) electrons. The van der Waals surface area contributed by atoms with Crippen LogP contribution in [0.3, 0.4) is 0 Å². The van der Waals surface area contributed by atoms with E-state index in [0.29, 0.717) is 36.3 Å². The average molecular weight is 735 g/mol. The summed E-state index contributed by atoms with van der Waals surface area (Å²) in [5.41, 5.74) is 7.20. The molecule has 8 rings (SSSR count). The summed E-state index contributed by atoms with van der Waals surface area (Å²) in [6.45, 7) is 3.70. The second kappa shape index (κ2) is 16.0. The van der Waals surface area contributed by atoms with Crippen LogP contribution in [-0.2, 0) is 22.8 Å². The van der Waals surface area contributed by atoms with Gasteiger partial charge >= 0.3 is 0 Å². The molecule has 2 aromatic heterocycles. The molecule has 0 atom stereocenters. The summed E-state index contributed by atoms with van der Waals surface area (Å²) in [7, 11) is 0. The zero-order chi connectivity index (χ0) is 38.4. The van der Waals surface area contributed by atoms with E-state index in [-0.39, 0.29) is 11.8 Å². The van der Waals surface area contributed by atoms with Crippen LogP contribution in [0.2, 0.25) is 0 Å². The molecule has 8 aromatic rings. The van der Waals surface area contributed by atoms with Crippen LogP contribution in [0.25, 0.3) is 55.2 Å². The lowest BCUT2D eigenvalue weighted by Crippen LogP contribution is -2.07. The van der Waals surface area contributed by atoms with Crippen LogP contribution in [0.1, 0.15) is 25.0 Å². The number of pyridine rings is 2. The molecule has 0 aliphatic carbocycles. The first-order chi connectivity index (χ1) is 27.4. The minimum atomic E-state index is -0.178. The number of aromatic nitrogens is 2. The number of fused-ring (bicyclic) bond motifs is 2. The number of ether oxygens (including phenoxy) is 2. The second-order valence-corrected chi connectivity index (χ2v) is 13.5. The predicted octanol–water partition coefficient (Wildman–Crippen LogP) is 10.9. The highest BCUT2D eigenvalue weighted by Gasteiger charge is 2.21. The molecule has 274 valence electrons. The Kier molecular flexibility index (Phi) is 10.2. The number of carbonyl (C=O) groups excluding carboxylic acids is 2. The van der Waals surface area contributed by atoms with Crippen molar-refractivity contribution in [1.82, 2.24) is 9.97 Å². The van der Waals surface area contributed by atoms with Gasteiger partial charge in [-0.05, 0) is 81.2 Å². The van der Waals surface area contributed by atoms with E-state index in [4.69, 9.17) is 19.4 Å². The number of amides is 2. The average Bonchev–Trinajstić information content (AvgIpc) is 3.22. The maximum absolute atomic E-state index is 11.8. The number of nitrogens with zero attached hydrogens (tertiary/aromatic N) is 2. The Morgan fingerprint density at radius 1 is 0.482 bits per heavy atom. The number of rotatable bonds is 11. The monoisotopic (exact) mass is 734 g/mol. The van der Waals surface area contributed by atoms with Crippen LogP contribution < -0.4 is 20.1 Å². The number of hydrogen-bond donors (Lipinski definition) is 2. The topological polar surface area (TPSA) is 102 Å². The molecule has 0 unspecified atom stereocenters. The van der Waals surface area contributed by atoms with E-state index >= 15 is 0 Å².